The van der Waals surface area contributed by atoms with Crippen LogP contribution in [0.1, 0.15) is 29.3 Å². The molecule has 0 radical (unpaired) electrons. The average Bonchev–Trinajstić information content (AvgIpc) is 2.29. The highest BCUT2D eigenvalue weighted by Crippen LogP contribution is 2.19. The zero-order valence-corrected chi connectivity index (χ0v) is 11.0. The molecule has 1 aromatic rings. The van der Waals surface area contributed by atoms with Gasteiger partial charge in [0.25, 0.3) is 10.2 Å². The molecule has 7 heteroatoms. The minimum Gasteiger partial charge on any atom is -0.478 e. The molecule has 0 aliphatic rings. The Morgan fingerprint density at radius 2 is 2.06 bits per heavy atom. The maximum atomic E-state index is 11.6. The van der Waals surface area contributed by atoms with Crippen LogP contribution in [-0.4, -0.2) is 26.0 Å². The van der Waals surface area contributed by atoms with E-state index in [9.17, 15) is 13.2 Å². The lowest BCUT2D eigenvalue weighted by Gasteiger charge is -2.12. The Labute approximate surface area is 106 Å². The molecule has 0 amide bonds. The lowest BCUT2D eigenvalue weighted by molar-refractivity contribution is 0.0696. The molecule has 1 aromatic carbocycles. The standard InChI is InChI=1S/C11H16N2O4S/c1-3-7-12-18(16,17)13-10-6-4-5-9(8(10)2)11(14)15/h4-6,12-13H,3,7H2,1-2H3,(H,14,15). The van der Waals surface area contributed by atoms with Crippen molar-refractivity contribution in [3.05, 3.63) is 29.3 Å². The monoisotopic (exact) mass is 272 g/mol. The smallest absolute Gasteiger partial charge is 0.336 e. The molecule has 1 rings (SSSR count). The van der Waals surface area contributed by atoms with Gasteiger partial charge in [-0.3, -0.25) is 4.72 Å². The Balaban J connectivity index is 2.98. The molecular weight excluding hydrogens is 256 g/mol. The summed E-state index contributed by atoms with van der Waals surface area (Å²) in [6.45, 7) is 3.73. The van der Waals surface area contributed by atoms with Crippen LogP contribution in [0.25, 0.3) is 0 Å². The van der Waals surface area contributed by atoms with Crippen molar-refractivity contribution >= 4 is 21.9 Å². The quantitative estimate of drug-likeness (QED) is 0.728. The van der Waals surface area contributed by atoms with E-state index in [0.29, 0.717) is 18.5 Å². The van der Waals surface area contributed by atoms with Gasteiger partial charge in [0.05, 0.1) is 11.3 Å². The molecule has 0 saturated carbocycles. The summed E-state index contributed by atoms with van der Waals surface area (Å²) in [5.41, 5.74) is 0.719. The number of hydrogen-bond donors (Lipinski definition) is 3. The number of hydrogen-bond acceptors (Lipinski definition) is 3. The van der Waals surface area contributed by atoms with Crippen LogP contribution in [-0.2, 0) is 10.2 Å². The van der Waals surface area contributed by atoms with Crippen LogP contribution >= 0.6 is 0 Å². The lowest BCUT2D eigenvalue weighted by Crippen LogP contribution is -2.31. The van der Waals surface area contributed by atoms with E-state index in [2.05, 4.69) is 9.44 Å². The zero-order chi connectivity index (χ0) is 13.8. The summed E-state index contributed by atoms with van der Waals surface area (Å²) in [6, 6.07) is 4.44. The summed E-state index contributed by atoms with van der Waals surface area (Å²) in [7, 11) is -3.65. The Hall–Kier alpha value is -1.60. The van der Waals surface area contributed by atoms with E-state index in [4.69, 9.17) is 5.11 Å². The number of carboxylic acids is 1. The van der Waals surface area contributed by atoms with Gasteiger partial charge in [0.15, 0.2) is 0 Å². The number of rotatable bonds is 6. The number of anilines is 1. The van der Waals surface area contributed by atoms with Crippen LogP contribution in [0.5, 0.6) is 0 Å². The SMILES string of the molecule is CCCNS(=O)(=O)Nc1cccc(C(=O)O)c1C. The average molecular weight is 272 g/mol. The highest BCUT2D eigenvalue weighted by molar-refractivity contribution is 7.90. The Kier molecular flexibility index (Phi) is 4.69. The molecule has 0 fully saturated rings. The fourth-order valence-electron chi connectivity index (χ4n) is 1.40. The third kappa shape index (κ3) is 3.71. The van der Waals surface area contributed by atoms with E-state index in [0.717, 1.165) is 0 Å². The van der Waals surface area contributed by atoms with Crippen LogP contribution in [0.2, 0.25) is 0 Å². The molecule has 0 heterocycles. The summed E-state index contributed by atoms with van der Waals surface area (Å²) >= 11 is 0. The lowest BCUT2D eigenvalue weighted by atomic mass is 10.1. The van der Waals surface area contributed by atoms with Gasteiger partial charge >= 0.3 is 5.97 Å². The van der Waals surface area contributed by atoms with E-state index >= 15 is 0 Å². The van der Waals surface area contributed by atoms with Gasteiger partial charge in [-0.1, -0.05) is 13.0 Å². The van der Waals surface area contributed by atoms with E-state index in [1.807, 2.05) is 6.92 Å². The van der Waals surface area contributed by atoms with E-state index in [1.54, 1.807) is 6.92 Å². The fourth-order valence-corrected chi connectivity index (χ4v) is 2.45. The summed E-state index contributed by atoms with van der Waals surface area (Å²) in [4.78, 5) is 10.9. The van der Waals surface area contributed by atoms with Gasteiger partial charge in [-0.2, -0.15) is 13.1 Å². The van der Waals surface area contributed by atoms with Crippen LogP contribution in [0.3, 0.4) is 0 Å². The largest absolute Gasteiger partial charge is 0.478 e. The first-order valence-corrected chi connectivity index (χ1v) is 6.96. The van der Waals surface area contributed by atoms with Crippen LogP contribution in [0, 0.1) is 6.92 Å². The maximum absolute atomic E-state index is 11.6. The van der Waals surface area contributed by atoms with Crippen molar-refractivity contribution in [3.63, 3.8) is 0 Å². The van der Waals surface area contributed by atoms with Gasteiger partial charge in [0.1, 0.15) is 0 Å². The molecule has 0 aromatic heterocycles. The molecule has 100 valence electrons. The molecular formula is C11H16N2O4S. The normalized spacial score (nSPS) is 11.2. The third-order valence-corrected chi connectivity index (χ3v) is 3.42. The van der Waals surface area contributed by atoms with Crippen molar-refractivity contribution in [2.24, 2.45) is 0 Å². The molecule has 0 saturated heterocycles. The number of carboxylic acid groups (broad SMARTS) is 1. The van der Waals surface area contributed by atoms with Crippen LogP contribution in [0.15, 0.2) is 18.2 Å². The minimum absolute atomic E-state index is 0.0747. The fraction of sp³-hybridized carbons (Fsp3) is 0.364. The maximum Gasteiger partial charge on any atom is 0.336 e. The molecule has 0 aliphatic heterocycles. The highest BCUT2D eigenvalue weighted by Gasteiger charge is 2.14. The van der Waals surface area contributed by atoms with Crippen molar-refractivity contribution in [1.82, 2.24) is 4.72 Å². The Morgan fingerprint density at radius 1 is 1.39 bits per heavy atom. The van der Waals surface area contributed by atoms with E-state index < -0.39 is 16.2 Å². The zero-order valence-electron chi connectivity index (χ0n) is 10.2. The molecule has 0 unspecified atom stereocenters. The van der Waals surface area contributed by atoms with Crippen molar-refractivity contribution < 1.29 is 18.3 Å². The Morgan fingerprint density at radius 3 is 2.61 bits per heavy atom. The minimum atomic E-state index is -3.65. The van der Waals surface area contributed by atoms with E-state index in [-0.39, 0.29) is 11.3 Å². The first-order chi connectivity index (χ1) is 8.37. The molecule has 0 atom stereocenters. The number of nitrogens with one attached hydrogen (secondary N) is 2. The summed E-state index contributed by atoms with van der Waals surface area (Å²) < 4.78 is 27.9. The first-order valence-electron chi connectivity index (χ1n) is 5.47. The Bertz CT molecular complexity index is 540. The molecule has 0 bridgehead atoms. The molecule has 0 aliphatic carbocycles. The van der Waals surface area contributed by atoms with Gasteiger partial charge < -0.3 is 5.11 Å². The van der Waals surface area contributed by atoms with Crippen molar-refractivity contribution in [1.29, 1.82) is 0 Å². The van der Waals surface area contributed by atoms with Gasteiger partial charge in [-0.05, 0) is 31.0 Å². The van der Waals surface area contributed by atoms with Crippen LogP contribution < -0.4 is 9.44 Å². The van der Waals surface area contributed by atoms with Gasteiger partial charge in [-0.25, -0.2) is 4.79 Å². The molecule has 18 heavy (non-hydrogen) atoms. The highest BCUT2D eigenvalue weighted by atomic mass is 32.2. The van der Waals surface area contributed by atoms with Crippen LogP contribution in [0.4, 0.5) is 5.69 Å². The molecule has 0 spiro atoms. The predicted octanol–water partition coefficient (Wildman–Crippen LogP) is 1.35. The van der Waals surface area contributed by atoms with Gasteiger partial charge in [0, 0.05) is 6.54 Å². The van der Waals surface area contributed by atoms with E-state index in [1.165, 1.54) is 18.2 Å². The van der Waals surface area contributed by atoms with Gasteiger partial charge in [0.2, 0.25) is 0 Å². The molecule has 3 N–H and O–H groups in total. The summed E-state index contributed by atoms with van der Waals surface area (Å²) in [5, 5.41) is 8.94. The number of aromatic carboxylic acids is 1. The number of benzene rings is 1. The topological polar surface area (TPSA) is 95.5 Å². The second-order valence-electron chi connectivity index (χ2n) is 3.78. The summed E-state index contributed by atoms with van der Waals surface area (Å²) in [6.07, 6.45) is 0.676. The second-order valence-corrected chi connectivity index (χ2v) is 5.28. The van der Waals surface area contributed by atoms with Gasteiger partial charge in [-0.15, -0.1) is 0 Å². The third-order valence-electron chi connectivity index (χ3n) is 2.35. The predicted molar refractivity (Wildman–Crippen MR) is 69.0 cm³/mol. The van der Waals surface area contributed by atoms with Crippen molar-refractivity contribution in [2.75, 3.05) is 11.3 Å². The number of carbonyl (C=O) groups is 1. The van der Waals surface area contributed by atoms with Crippen molar-refractivity contribution in [3.8, 4) is 0 Å². The van der Waals surface area contributed by atoms with Crippen molar-refractivity contribution in [2.45, 2.75) is 20.3 Å². The first kappa shape index (κ1) is 14.5. The molecule has 6 nitrogen and oxygen atoms in total. The summed E-state index contributed by atoms with van der Waals surface area (Å²) in [5.74, 6) is -1.09. The second kappa shape index (κ2) is 5.83.